The van der Waals surface area contributed by atoms with Crippen molar-refractivity contribution in [2.45, 2.75) is 13.3 Å². The van der Waals surface area contributed by atoms with Crippen molar-refractivity contribution in [3.05, 3.63) is 58.1 Å². The molecule has 0 N–H and O–H groups in total. The number of hydrogen-bond acceptors (Lipinski definition) is 5. The number of morpholine rings is 1. The molecule has 29 heavy (non-hydrogen) atoms. The quantitative estimate of drug-likeness (QED) is 0.524. The number of carbonyl (C=O) groups excluding carboxylic acids is 1. The van der Waals surface area contributed by atoms with Gasteiger partial charge in [-0.1, -0.05) is 46.3 Å². The van der Waals surface area contributed by atoms with Gasteiger partial charge in [-0.3, -0.25) is 14.6 Å². The van der Waals surface area contributed by atoms with E-state index in [1.54, 1.807) is 11.3 Å². The summed E-state index contributed by atoms with van der Waals surface area (Å²) in [5.74, 6) is -0.0191. The molecule has 0 radical (unpaired) electrons. The van der Waals surface area contributed by atoms with Crippen LogP contribution in [-0.2, 0) is 11.2 Å². The first kappa shape index (κ1) is 20.5. The summed E-state index contributed by atoms with van der Waals surface area (Å²) in [7, 11) is 0. The van der Waals surface area contributed by atoms with Crippen LogP contribution in [0.1, 0.15) is 22.8 Å². The number of fused-ring (bicyclic) bond motifs is 1. The highest BCUT2D eigenvalue weighted by Gasteiger charge is 2.23. The fraction of sp³-hybridized carbons (Fsp3) is 0.364. The number of rotatable bonds is 6. The molecular formula is C22H24BrN3O2S. The Morgan fingerprint density at radius 2 is 2.07 bits per heavy atom. The van der Waals surface area contributed by atoms with Gasteiger partial charge in [-0.05, 0) is 42.3 Å². The molecule has 2 heterocycles. The predicted molar refractivity (Wildman–Crippen MR) is 122 cm³/mol. The molecule has 0 saturated carbocycles. The van der Waals surface area contributed by atoms with Crippen molar-refractivity contribution >= 4 is 48.5 Å². The molecule has 1 amide bonds. The number of hydrogen-bond donors (Lipinski definition) is 0. The predicted octanol–water partition coefficient (Wildman–Crippen LogP) is 4.60. The number of anilines is 1. The van der Waals surface area contributed by atoms with Gasteiger partial charge in [0.15, 0.2) is 5.13 Å². The normalized spacial score (nSPS) is 15.0. The van der Waals surface area contributed by atoms with E-state index in [-0.39, 0.29) is 5.91 Å². The Labute approximate surface area is 183 Å². The summed E-state index contributed by atoms with van der Waals surface area (Å²) in [4.78, 5) is 22.4. The van der Waals surface area contributed by atoms with E-state index in [1.165, 1.54) is 5.56 Å². The molecule has 152 valence electrons. The molecule has 1 saturated heterocycles. The highest BCUT2D eigenvalue weighted by molar-refractivity contribution is 9.10. The Bertz CT molecular complexity index is 1000. The van der Waals surface area contributed by atoms with Gasteiger partial charge in [-0.2, -0.15) is 0 Å². The number of aryl methyl sites for hydroxylation is 1. The van der Waals surface area contributed by atoms with Gasteiger partial charge >= 0.3 is 0 Å². The third kappa shape index (κ3) is 4.86. The summed E-state index contributed by atoms with van der Waals surface area (Å²) in [5.41, 5.74) is 2.89. The van der Waals surface area contributed by atoms with Crippen LogP contribution in [0, 0.1) is 0 Å². The number of aromatic nitrogens is 1. The van der Waals surface area contributed by atoms with Gasteiger partial charge in [0.1, 0.15) is 0 Å². The van der Waals surface area contributed by atoms with E-state index in [0.717, 1.165) is 59.1 Å². The van der Waals surface area contributed by atoms with Crippen LogP contribution in [0.2, 0.25) is 0 Å². The maximum Gasteiger partial charge on any atom is 0.260 e. The van der Waals surface area contributed by atoms with Crippen LogP contribution in [0.5, 0.6) is 0 Å². The summed E-state index contributed by atoms with van der Waals surface area (Å²) in [6.07, 6.45) is 0.987. The molecule has 2 aromatic carbocycles. The fourth-order valence-electron chi connectivity index (χ4n) is 3.42. The number of thiazole rings is 1. The third-order valence-corrected chi connectivity index (χ3v) is 6.68. The lowest BCUT2D eigenvalue weighted by Gasteiger charge is -2.29. The standard InChI is InChI=1S/C22H24BrN3O2S/c1-2-16-6-7-19-20(14-16)29-22(24-19)26(9-8-25-10-12-28-13-11-25)21(27)17-4-3-5-18(23)15-17/h3-7,14-15H,2,8-13H2,1H3. The Balaban J connectivity index is 1.64. The topological polar surface area (TPSA) is 45.7 Å². The highest BCUT2D eigenvalue weighted by Crippen LogP contribution is 2.31. The van der Waals surface area contributed by atoms with Crippen LogP contribution in [0.3, 0.4) is 0 Å². The second-order valence-corrected chi connectivity index (χ2v) is 9.00. The number of carbonyl (C=O) groups is 1. The number of ether oxygens (including phenoxy) is 1. The Morgan fingerprint density at radius 1 is 1.24 bits per heavy atom. The molecule has 5 nitrogen and oxygen atoms in total. The van der Waals surface area contributed by atoms with Crippen molar-refractivity contribution in [3.63, 3.8) is 0 Å². The molecule has 0 unspecified atom stereocenters. The zero-order chi connectivity index (χ0) is 20.2. The molecule has 1 fully saturated rings. The molecule has 1 aromatic heterocycles. The second-order valence-electron chi connectivity index (χ2n) is 7.07. The minimum absolute atomic E-state index is 0.0191. The van der Waals surface area contributed by atoms with Crippen LogP contribution in [-0.4, -0.2) is 55.2 Å². The van der Waals surface area contributed by atoms with E-state index in [1.807, 2.05) is 29.2 Å². The van der Waals surface area contributed by atoms with Gasteiger partial charge in [0.25, 0.3) is 5.91 Å². The van der Waals surface area contributed by atoms with Crippen LogP contribution in [0.15, 0.2) is 46.9 Å². The van der Waals surface area contributed by atoms with E-state index in [9.17, 15) is 4.79 Å². The van der Waals surface area contributed by atoms with E-state index in [4.69, 9.17) is 9.72 Å². The smallest absolute Gasteiger partial charge is 0.260 e. The van der Waals surface area contributed by atoms with Gasteiger partial charge in [0.05, 0.1) is 23.4 Å². The summed E-state index contributed by atoms with van der Waals surface area (Å²) in [6, 6.07) is 13.9. The van der Waals surface area contributed by atoms with Crippen LogP contribution >= 0.6 is 27.3 Å². The Kier molecular flexibility index (Phi) is 6.60. The Morgan fingerprint density at radius 3 is 2.83 bits per heavy atom. The molecule has 0 aliphatic carbocycles. The zero-order valence-electron chi connectivity index (χ0n) is 16.4. The lowest BCUT2D eigenvalue weighted by molar-refractivity contribution is 0.0391. The lowest BCUT2D eigenvalue weighted by atomic mass is 10.2. The van der Waals surface area contributed by atoms with Gasteiger partial charge < -0.3 is 4.74 Å². The van der Waals surface area contributed by atoms with Gasteiger partial charge in [-0.15, -0.1) is 0 Å². The molecule has 1 aliphatic rings. The van der Waals surface area contributed by atoms with E-state index < -0.39 is 0 Å². The van der Waals surface area contributed by atoms with Crippen molar-refractivity contribution in [1.82, 2.24) is 9.88 Å². The maximum atomic E-state index is 13.4. The van der Waals surface area contributed by atoms with Crippen molar-refractivity contribution in [2.75, 3.05) is 44.3 Å². The largest absolute Gasteiger partial charge is 0.379 e. The van der Waals surface area contributed by atoms with E-state index in [2.05, 4.69) is 46.0 Å². The fourth-order valence-corrected chi connectivity index (χ4v) is 4.87. The maximum absolute atomic E-state index is 13.4. The Hall–Kier alpha value is -1.80. The monoisotopic (exact) mass is 473 g/mol. The first-order valence-electron chi connectivity index (χ1n) is 9.91. The van der Waals surface area contributed by atoms with Gasteiger partial charge in [0.2, 0.25) is 0 Å². The molecule has 1 aliphatic heterocycles. The molecule has 0 atom stereocenters. The summed E-state index contributed by atoms with van der Waals surface area (Å²) in [5, 5.41) is 0.756. The van der Waals surface area contributed by atoms with Crippen molar-refractivity contribution in [3.8, 4) is 0 Å². The minimum atomic E-state index is -0.0191. The van der Waals surface area contributed by atoms with E-state index in [0.29, 0.717) is 12.1 Å². The molecule has 0 spiro atoms. The molecular weight excluding hydrogens is 450 g/mol. The first-order valence-corrected chi connectivity index (χ1v) is 11.5. The van der Waals surface area contributed by atoms with Gasteiger partial charge in [0, 0.05) is 36.2 Å². The van der Waals surface area contributed by atoms with Gasteiger partial charge in [-0.25, -0.2) is 4.98 Å². The van der Waals surface area contributed by atoms with Crippen molar-refractivity contribution in [2.24, 2.45) is 0 Å². The van der Waals surface area contributed by atoms with Crippen molar-refractivity contribution in [1.29, 1.82) is 0 Å². The number of nitrogens with zero attached hydrogens (tertiary/aromatic N) is 3. The second kappa shape index (κ2) is 9.34. The molecule has 7 heteroatoms. The summed E-state index contributed by atoms with van der Waals surface area (Å²) >= 11 is 5.06. The number of amides is 1. The average molecular weight is 474 g/mol. The van der Waals surface area contributed by atoms with Crippen molar-refractivity contribution < 1.29 is 9.53 Å². The number of halogens is 1. The van der Waals surface area contributed by atoms with E-state index >= 15 is 0 Å². The van der Waals surface area contributed by atoms with Crippen LogP contribution < -0.4 is 4.90 Å². The van der Waals surface area contributed by atoms with Crippen LogP contribution in [0.25, 0.3) is 10.2 Å². The summed E-state index contributed by atoms with van der Waals surface area (Å²) in [6.45, 7) is 6.86. The lowest BCUT2D eigenvalue weighted by Crippen LogP contribution is -2.43. The molecule has 3 aromatic rings. The highest BCUT2D eigenvalue weighted by atomic mass is 79.9. The molecule has 0 bridgehead atoms. The molecule has 4 rings (SSSR count). The zero-order valence-corrected chi connectivity index (χ0v) is 18.8. The SMILES string of the molecule is CCc1ccc2nc(N(CCN3CCOCC3)C(=O)c3cccc(Br)c3)sc2c1. The average Bonchev–Trinajstić information content (AvgIpc) is 3.17. The van der Waals surface area contributed by atoms with Crippen LogP contribution in [0.4, 0.5) is 5.13 Å². The summed E-state index contributed by atoms with van der Waals surface area (Å²) < 4.78 is 7.46. The number of benzene rings is 2. The first-order chi connectivity index (χ1) is 14.1. The minimum Gasteiger partial charge on any atom is -0.379 e. The third-order valence-electron chi connectivity index (χ3n) is 5.14.